The number of fused-ring (bicyclic) bond motifs is 2. The molecule has 0 spiro atoms. The smallest absolute Gasteiger partial charge is 0.265 e. The van der Waals surface area contributed by atoms with E-state index in [9.17, 15) is 9.59 Å². The molecule has 0 saturated carbocycles. The third kappa shape index (κ3) is 3.11. The minimum atomic E-state index is -0.137. The number of hydrogen-bond acceptors (Lipinski definition) is 3. The van der Waals surface area contributed by atoms with Crippen molar-refractivity contribution >= 4 is 34.0 Å². The van der Waals surface area contributed by atoms with Crippen molar-refractivity contribution in [1.29, 1.82) is 0 Å². The summed E-state index contributed by atoms with van der Waals surface area (Å²) in [4.78, 5) is 26.2. The first-order valence-electron chi connectivity index (χ1n) is 8.52. The van der Waals surface area contributed by atoms with Gasteiger partial charge in [0, 0.05) is 24.0 Å². The molecule has 0 aliphatic carbocycles. The number of para-hydroxylation sites is 2. The fourth-order valence-corrected chi connectivity index (χ4v) is 3.16. The number of hydrogen-bond donors (Lipinski definition) is 1. The summed E-state index contributed by atoms with van der Waals surface area (Å²) in [6, 6.07) is 21.1. The highest BCUT2D eigenvalue weighted by Crippen LogP contribution is 2.31. The number of nitrogens with one attached hydrogen (secondary N) is 1. The van der Waals surface area contributed by atoms with Crippen LogP contribution < -0.4 is 15.0 Å². The van der Waals surface area contributed by atoms with Crippen molar-refractivity contribution in [2.45, 2.75) is 6.42 Å². The molecule has 5 nitrogen and oxygen atoms in total. The molecule has 26 heavy (non-hydrogen) atoms. The normalized spacial score (nSPS) is 13.2. The maximum atomic E-state index is 12.4. The molecule has 0 aromatic heterocycles. The molecule has 1 N–H and O–H groups in total. The van der Waals surface area contributed by atoms with Gasteiger partial charge in [0.05, 0.1) is 5.69 Å². The van der Waals surface area contributed by atoms with E-state index in [1.807, 2.05) is 66.7 Å². The van der Waals surface area contributed by atoms with Gasteiger partial charge in [0.15, 0.2) is 6.61 Å². The molecular weight excluding hydrogens is 328 g/mol. The summed E-state index contributed by atoms with van der Waals surface area (Å²) in [6.07, 6.45) is 0.212. The first kappa shape index (κ1) is 16.1. The van der Waals surface area contributed by atoms with Gasteiger partial charge in [-0.1, -0.05) is 48.5 Å². The summed E-state index contributed by atoms with van der Waals surface area (Å²) in [7, 11) is 0. The van der Waals surface area contributed by atoms with E-state index in [0.717, 1.165) is 16.5 Å². The van der Waals surface area contributed by atoms with Crippen LogP contribution in [0, 0.1) is 0 Å². The van der Waals surface area contributed by atoms with Gasteiger partial charge in [0.25, 0.3) is 5.91 Å². The minimum Gasteiger partial charge on any atom is -0.482 e. The van der Waals surface area contributed by atoms with Crippen molar-refractivity contribution in [3.63, 3.8) is 0 Å². The number of rotatable bonds is 4. The number of amides is 2. The highest BCUT2D eigenvalue weighted by molar-refractivity contribution is 6.03. The van der Waals surface area contributed by atoms with Crippen molar-refractivity contribution in [2.75, 3.05) is 23.4 Å². The Kier molecular flexibility index (Phi) is 4.27. The average molecular weight is 346 g/mol. The van der Waals surface area contributed by atoms with E-state index < -0.39 is 0 Å². The second-order valence-electron chi connectivity index (χ2n) is 6.13. The van der Waals surface area contributed by atoms with E-state index in [1.165, 1.54) is 0 Å². The molecule has 1 aliphatic rings. The molecule has 0 unspecified atom stereocenters. The Morgan fingerprint density at radius 1 is 1.00 bits per heavy atom. The summed E-state index contributed by atoms with van der Waals surface area (Å²) in [5.74, 6) is 0.404. The Morgan fingerprint density at radius 3 is 2.69 bits per heavy atom. The number of benzene rings is 3. The van der Waals surface area contributed by atoms with Crippen LogP contribution >= 0.6 is 0 Å². The number of ether oxygens (including phenoxy) is 1. The second kappa shape index (κ2) is 6.88. The van der Waals surface area contributed by atoms with Gasteiger partial charge in [-0.05, 0) is 23.6 Å². The van der Waals surface area contributed by atoms with E-state index in [2.05, 4.69) is 5.32 Å². The molecule has 1 aliphatic heterocycles. The topological polar surface area (TPSA) is 58.6 Å². The summed E-state index contributed by atoms with van der Waals surface area (Å²) in [6.45, 7) is 0.317. The van der Waals surface area contributed by atoms with Crippen LogP contribution in [0.15, 0.2) is 66.7 Å². The third-order valence-electron chi connectivity index (χ3n) is 4.43. The largest absolute Gasteiger partial charge is 0.482 e. The van der Waals surface area contributed by atoms with Crippen LogP contribution in [0.2, 0.25) is 0 Å². The van der Waals surface area contributed by atoms with E-state index in [0.29, 0.717) is 18.0 Å². The molecule has 0 saturated heterocycles. The Bertz CT molecular complexity index is 978. The van der Waals surface area contributed by atoms with Crippen LogP contribution in [-0.4, -0.2) is 25.0 Å². The molecule has 130 valence electrons. The zero-order chi connectivity index (χ0) is 17.9. The molecule has 0 atom stereocenters. The van der Waals surface area contributed by atoms with E-state index in [-0.39, 0.29) is 24.8 Å². The maximum Gasteiger partial charge on any atom is 0.265 e. The lowest BCUT2D eigenvalue weighted by Crippen LogP contribution is -2.40. The predicted molar refractivity (Wildman–Crippen MR) is 101 cm³/mol. The highest BCUT2D eigenvalue weighted by Gasteiger charge is 2.25. The lowest BCUT2D eigenvalue weighted by atomic mass is 10.1. The van der Waals surface area contributed by atoms with Crippen molar-refractivity contribution in [3.8, 4) is 5.75 Å². The lowest BCUT2D eigenvalue weighted by molar-refractivity contribution is -0.121. The van der Waals surface area contributed by atoms with Gasteiger partial charge in [0.2, 0.25) is 5.91 Å². The van der Waals surface area contributed by atoms with Gasteiger partial charge >= 0.3 is 0 Å². The predicted octanol–water partition coefficient (Wildman–Crippen LogP) is 3.59. The SMILES string of the molecule is O=C(CCN1C(=O)COc2ccccc21)Nc1cccc2ccccc12. The molecule has 3 aromatic rings. The van der Waals surface area contributed by atoms with E-state index >= 15 is 0 Å². The number of carbonyl (C=O) groups is 2. The van der Waals surface area contributed by atoms with Gasteiger partial charge < -0.3 is 15.0 Å². The van der Waals surface area contributed by atoms with Gasteiger partial charge in [-0.25, -0.2) is 0 Å². The van der Waals surface area contributed by atoms with Crippen LogP contribution in [0.5, 0.6) is 5.75 Å². The first-order chi connectivity index (χ1) is 12.7. The van der Waals surface area contributed by atoms with Crippen LogP contribution in [0.3, 0.4) is 0 Å². The van der Waals surface area contributed by atoms with Crippen LogP contribution in [0.4, 0.5) is 11.4 Å². The lowest BCUT2D eigenvalue weighted by Gasteiger charge is -2.29. The van der Waals surface area contributed by atoms with Crippen LogP contribution in [0.25, 0.3) is 10.8 Å². The molecule has 4 rings (SSSR count). The standard InChI is InChI=1S/C21H18N2O3/c24-20(22-17-9-5-7-15-6-1-2-8-16(15)17)12-13-23-18-10-3-4-11-19(18)26-14-21(23)25/h1-11H,12-14H2,(H,22,24). The van der Waals surface area contributed by atoms with Gasteiger partial charge in [-0.15, -0.1) is 0 Å². The van der Waals surface area contributed by atoms with Crippen LogP contribution in [0.1, 0.15) is 6.42 Å². The van der Waals surface area contributed by atoms with Crippen LogP contribution in [-0.2, 0) is 9.59 Å². The zero-order valence-electron chi connectivity index (χ0n) is 14.1. The average Bonchev–Trinajstić information content (AvgIpc) is 2.67. The zero-order valence-corrected chi connectivity index (χ0v) is 14.1. The molecule has 3 aromatic carbocycles. The molecule has 0 fully saturated rings. The molecular formula is C21H18N2O3. The second-order valence-corrected chi connectivity index (χ2v) is 6.13. The summed E-state index contributed by atoms with van der Waals surface area (Å²) >= 11 is 0. The summed E-state index contributed by atoms with van der Waals surface area (Å²) in [5.41, 5.74) is 1.49. The van der Waals surface area contributed by atoms with Gasteiger partial charge in [-0.3, -0.25) is 9.59 Å². The maximum absolute atomic E-state index is 12.4. The summed E-state index contributed by atoms with van der Waals surface area (Å²) in [5, 5.41) is 5.02. The van der Waals surface area contributed by atoms with E-state index in [4.69, 9.17) is 4.74 Å². The Labute approximate surface area is 151 Å². The molecule has 2 amide bonds. The monoisotopic (exact) mass is 346 g/mol. The molecule has 1 heterocycles. The highest BCUT2D eigenvalue weighted by atomic mass is 16.5. The number of carbonyl (C=O) groups excluding carboxylic acids is 2. The fraction of sp³-hybridized carbons (Fsp3) is 0.143. The fourth-order valence-electron chi connectivity index (χ4n) is 3.16. The third-order valence-corrected chi connectivity index (χ3v) is 4.43. The Morgan fingerprint density at radius 2 is 1.77 bits per heavy atom. The Hall–Kier alpha value is -3.34. The van der Waals surface area contributed by atoms with Crippen molar-refractivity contribution in [1.82, 2.24) is 0 Å². The first-order valence-corrected chi connectivity index (χ1v) is 8.52. The number of nitrogens with zero attached hydrogens (tertiary/aromatic N) is 1. The van der Waals surface area contributed by atoms with Crippen molar-refractivity contribution in [3.05, 3.63) is 66.7 Å². The molecule has 0 bridgehead atoms. The summed E-state index contributed by atoms with van der Waals surface area (Å²) < 4.78 is 5.42. The van der Waals surface area contributed by atoms with Crippen molar-refractivity contribution in [2.24, 2.45) is 0 Å². The Balaban J connectivity index is 1.47. The van der Waals surface area contributed by atoms with Crippen molar-refractivity contribution < 1.29 is 14.3 Å². The van der Waals surface area contributed by atoms with E-state index in [1.54, 1.807) is 4.90 Å². The molecule has 0 radical (unpaired) electrons. The minimum absolute atomic E-state index is 0.00194. The van der Waals surface area contributed by atoms with Gasteiger partial charge in [-0.2, -0.15) is 0 Å². The molecule has 5 heteroatoms. The quantitative estimate of drug-likeness (QED) is 0.785. The van der Waals surface area contributed by atoms with Gasteiger partial charge in [0.1, 0.15) is 5.75 Å². The number of anilines is 2.